The summed E-state index contributed by atoms with van der Waals surface area (Å²) in [6.07, 6.45) is 2.07. The molecule has 0 saturated carbocycles. The number of rotatable bonds is 2. The number of amides is 1. The monoisotopic (exact) mass is 267 g/mol. The third kappa shape index (κ3) is 5.29. The number of aryl methyl sites for hydroxylation is 1. The zero-order valence-electron chi connectivity index (χ0n) is 10.7. The third-order valence-electron chi connectivity index (χ3n) is 2.39. The molecule has 0 aromatic heterocycles. The van der Waals surface area contributed by atoms with Crippen molar-refractivity contribution in [3.63, 3.8) is 0 Å². The average molecular weight is 267 g/mol. The fourth-order valence-electron chi connectivity index (χ4n) is 1.51. The van der Waals surface area contributed by atoms with Gasteiger partial charge >= 0.3 is 6.09 Å². The first-order valence-electron chi connectivity index (χ1n) is 5.90. The van der Waals surface area contributed by atoms with E-state index in [1.807, 2.05) is 6.07 Å². The van der Waals surface area contributed by atoms with Gasteiger partial charge in [0.15, 0.2) is 6.29 Å². The Morgan fingerprint density at radius 2 is 2.37 bits per heavy atom. The Labute approximate surface area is 111 Å². The summed E-state index contributed by atoms with van der Waals surface area (Å²) >= 11 is 0. The van der Waals surface area contributed by atoms with Crippen LogP contribution >= 0.6 is 0 Å². The van der Waals surface area contributed by atoms with Crippen molar-refractivity contribution in [2.45, 2.75) is 12.8 Å². The van der Waals surface area contributed by atoms with E-state index in [1.54, 1.807) is 12.1 Å². The summed E-state index contributed by atoms with van der Waals surface area (Å²) in [4.78, 5) is 19.6. The number of carbonyl (C=O) groups excluding carboxylic acids is 2. The second-order valence-corrected chi connectivity index (χ2v) is 3.76. The van der Waals surface area contributed by atoms with Gasteiger partial charge in [-0.1, -0.05) is 6.07 Å². The highest BCUT2D eigenvalue weighted by Gasteiger charge is 2.09. The number of phenolic OH excluding ortho intramolecular Hbond substituents is 1. The maximum atomic E-state index is 10.1. The first-order valence-corrected chi connectivity index (χ1v) is 5.90. The highest BCUT2D eigenvalue weighted by atomic mass is 16.5. The molecule has 104 valence electrons. The summed E-state index contributed by atoms with van der Waals surface area (Å²) in [5, 5.41) is 11.3. The maximum absolute atomic E-state index is 10.1. The molecule has 0 atom stereocenters. The van der Waals surface area contributed by atoms with Gasteiger partial charge in [0.2, 0.25) is 0 Å². The van der Waals surface area contributed by atoms with E-state index in [2.05, 4.69) is 10.1 Å². The highest BCUT2D eigenvalue weighted by Crippen LogP contribution is 2.27. The van der Waals surface area contributed by atoms with E-state index in [-0.39, 0.29) is 12.4 Å². The predicted molar refractivity (Wildman–Crippen MR) is 68.4 cm³/mol. The van der Waals surface area contributed by atoms with Crippen LogP contribution < -0.4 is 10.1 Å². The molecule has 1 aromatic rings. The molecule has 1 aromatic carbocycles. The molecule has 0 bridgehead atoms. The minimum absolute atomic E-state index is 0.181. The second-order valence-electron chi connectivity index (χ2n) is 3.76. The minimum Gasteiger partial charge on any atom is -0.508 e. The topological polar surface area (TPSA) is 84.9 Å². The molecule has 0 unspecified atom stereocenters. The van der Waals surface area contributed by atoms with E-state index >= 15 is 0 Å². The summed E-state index contributed by atoms with van der Waals surface area (Å²) < 4.78 is 9.57. The van der Waals surface area contributed by atoms with Gasteiger partial charge in [-0.3, -0.25) is 4.79 Å². The Bertz CT molecular complexity index is 433. The van der Waals surface area contributed by atoms with Gasteiger partial charge in [0.1, 0.15) is 18.1 Å². The van der Waals surface area contributed by atoms with Crippen molar-refractivity contribution in [1.29, 1.82) is 0 Å². The zero-order valence-corrected chi connectivity index (χ0v) is 10.7. The van der Waals surface area contributed by atoms with Crippen molar-refractivity contribution in [2.75, 3.05) is 20.3 Å². The lowest BCUT2D eigenvalue weighted by molar-refractivity contribution is -0.110. The Morgan fingerprint density at radius 1 is 1.58 bits per heavy atom. The quantitative estimate of drug-likeness (QED) is 0.788. The van der Waals surface area contributed by atoms with E-state index in [0.717, 1.165) is 25.2 Å². The van der Waals surface area contributed by atoms with Gasteiger partial charge in [-0.25, -0.2) is 4.79 Å². The van der Waals surface area contributed by atoms with Crippen molar-refractivity contribution in [3.8, 4) is 11.5 Å². The van der Waals surface area contributed by atoms with Gasteiger partial charge in [0.05, 0.1) is 6.61 Å². The van der Waals surface area contributed by atoms with Crippen LogP contribution in [0.15, 0.2) is 18.2 Å². The van der Waals surface area contributed by atoms with Gasteiger partial charge in [-0.05, 0) is 24.5 Å². The number of carbonyl (C=O) groups is 2. The van der Waals surface area contributed by atoms with Gasteiger partial charge in [0.25, 0.3) is 0 Å². The van der Waals surface area contributed by atoms with Crippen LogP contribution in [0.5, 0.6) is 11.5 Å². The lowest BCUT2D eigenvalue weighted by Gasteiger charge is -2.16. The lowest BCUT2D eigenvalue weighted by atomic mass is 10.1. The van der Waals surface area contributed by atoms with Crippen LogP contribution in [0, 0.1) is 0 Å². The Kier molecular flexibility index (Phi) is 6.21. The number of aromatic hydroxyl groups is 1. The lowest BCUT2D eigenvalue weighted by Crippen LogP contribution is -2.19. The standard InChI is InChI=1S/C9H10O2.C4H7NO3/c10-8-4-3-7-2-1-5-11-9(7)6-8;1-5-4(7)8-3-2-6/h3-4,6,10H,1-2,5H2;2H,3H2,1H3,(H,5,7). The van der Waals surface area contributed by atoms with Crippen LogP contribution in [0.4, 0.5) is 4.79 Å². The Hall–Kier alpha value is -2.24. The predicted octanol–water partition coefficient (Wildman–Crippen LogP) is 1.26. The fraction of sp³-hybridized carbons (Fsp3) is 0.385. The molecule has 2 N–H and O–H groups in total. The molecule has 0 aliphatic carbocycles. The van der Waals surface area contributed by atoms with Crippen LogP contribution in [0.25, 0.3) is 0 Å². The number of ether oxygens (including phenoxy) is 2. The van der Waals surface area contributed by atoms with E-state index in [1.165, 1.54) is 12.6 Å². The highest BCUT2D eigenvalue weighted by molar-refractivity contribution is 5.68. The average Bonchev–Trinajstić information content (AvgIpc) is 2.45. The van der Waals surface area contributed by atoms with E-state index in [0.29, 0.717) is 6.29 Å². The molecule has 1 aliphatic heterocycles. The smallest absolute Gasteiger partial charge is 0.407 e. The first-order chi connectivity index (χ1) is 9.17. The molecule has 0 saturated heterocycles. The molecule has 0 radical (unpaired) electrons. The summed E-state index contributed by atoms with van der Waals surface area (Å²) in [6.45, 7) is 0.593. The Balaban J connectivity index is 0.000000203. The van der Waals surface area contributed by atoms with Gasteiger partial charge < -0.3 is 19.9 Å². The molecule has 6 nitrogen and oxygen atoms in total. The molecule has 2 rings (SSSR count). The number of phenols is 1. The van der Waals surface area contributed by atoms with Crippen molar-refractivity contribution in [3.05, 3.63) is 23.8 Å². The van der Waals surface area contributed by atoms with Crippen LogP contribution in [0.1, 0.15) is 12.0 Å². The third-order valence-corrected chi connectivity index (χ3v) is 2.39. The van der Waals surface area contributed by atoms with Crippen LogP contribution in [-0.2, 0) is 16.0 Å². The Morgan fingerprint density at radius 3 is 3.05 bits per heavy atom. The maximum Gasteiger partial charge on any atom is 0.407 e. The van der Waals surface area contributed by atoms with E-state index in [4.69, 9.17) is 9.84 Å². The molecule has 1 heterocycles. The van der Waals surface area contributed by atoms with Gasteiger partial charge in [0, 0.05) is 13.1 Å². The van der Waals surface area contributed by atoms with Crippen LogP contribution in [0.3, 0.4) is 0 Å². The summed E-state index contributed by atoms with van der Waals surface area (Å²) in [5.41, 5.74) is 1.20. The number of benzene rings is 1. The number of fused-ring (bicyclic) bond motifs is 1. The van der Waals surface area contributed by atoms with Gasteiger partial charge in [-0.15, -0.1) is 0 Å². The number of hydrogen-bond donors (Lipinski definition) is 2. The molecule has 19 heavy (non-hydrogen) atoms. The van der Waals surface area contributed by atoms with E-state index in [9.17, 15) is 9.59 Å². The number of alkyl carbamates (subject to hydrolysis) is 1. The first kappa shape index (κ1) is 14.8. The van der Waals surface area contributed by atoms with Crippen molar-refractivity contribution in [2.24, 2.45) is 0 Å². The van der Waals surface area contributed by atoms with Crippen molar-refractivity contribution in [1.82, 2.24) is 5.32 Å². The molecule has 0 spiro atoms. The number of aldehydes is 1. The van der Waals surface area contributed by atoms with E-state index < -0.39 is 6.09 Å². The van der Waals surface area contributed by atoms with Gasteiger partial charge in [-0.2, -0.15) is 0 Å². The second kappa shape index (κ2) is 7.97. The summed E-state index contributed by atoms with van der Waals surface area (Å²) in [7, 11) is 1.42. The molecule has 1 aliphatic rings. The molecule has 1 amide bonds. The molecule has 6 heteroatoms. The summed E-state index contributed by atoms with van der Waals surface area (Å²) in [5.74, 6) is 1.13. The van der Waals surface area contributed by atoms with Crippen LogP contribution in [-0.4, -0.2) is 37.7 Å². The molecule has 0 fully saturated rings. The molecular weight excluding hydrogens is 250 g/mol. The van der Waals surface area contributed by atoms with Crippen molar-refractivity contribution < 1.29 is 24.2 Å². The zero-order chi connectivity index (χ0) is 14.1. The number of nitrogens with one attached hydrogen (secondary N) is 1. The summed E-state index contributed by atoms with van der Waals surface area (Å²) in [6, 6.07) is 5.30. The minimum atomic E-state index is -0.586. The SMILES string of the molecule is CNC(=O)OCC=O.Oc1ccc2c(c1)OCCC2. The largest absolute Gasteiger partial charge is 0.508 e. The molecular formula is C13H17NO5. The number of hydrogen-bond acceptors (Lipinski definition) is 5. The van der Waals surface area contributed by atoms with Crippen molar-refractivity contribution >= 4 is 12.4 Å². The van der Waals surface area contributed by atoms with Crippen LogP contribution in [0.2, 0.25) is 0 Å². The normalized spacial score (nSPS) is 12.1. The fourth-order valence-corrected chi connectivity index (χ4v) is 1.51.